The summed E-state index contributed by atoms with van der Waals surface area (Å²) in [5.41, 5.74) is 5.74. The third-order valence-electron chi connectivity index (χ3n) is 9.08. The normalized spacial score (nSPS) is 24.0. The number of carboxylic acid groups (broad SMARTS) is 4. The molecule has 1 aliphatic heterocycles. The fraction of sp³-hybridized carbons (Fsp3) is 0.576. The molecule has 1 heterocycles. The van der Waals surface area contributed by atoms with Gasteiger partial charge < -0.3 is 41.1 Å². The number of carboxylic acids is 3. The van der Waals surface area contributed by atoms with Crippen molar-refractivity contribution in [3.05, 3.63) is 42.0 Å². The summed E-state index contributed by atoms with van der Waals surface area (Å²) in [4.78, 5) is 77.8. The number of amides is 3. The maximum absolute atomic E-state index is 13.4. The van der Waals surface area contributed by atoms with Crippen molar-refractivity contribution in [3.63, 3.8) is 0 Å². The molecule has 1 saturated heterocycles. The van der Waals surface area contributed by atoms with E-state index >= 15 is 0 Å². The van der Waals surface area contributed by atoms with E-state index in [1.807, 2.05) is 13.0 Å². The van der Waals surface area contributed by atoms with Crippen LogP contribution in [0.1, 0.15) is 38.2 Å². The lowest BCUT2D eigenvalue weighted by atomic mass is 9.78. The van der Waals surface area contributed by atoms with E-state index in [1.54, 1.807) is 45.0 Å². The summed E-state index contributed by atoms with van der Waals surface area (Å²) < 4.78 is 5.12. The quantitative estimate of drug-likeness (QED) is 0.178. The molecule has 3 rings (SSSR count). The zero-order chi connectivity index (χ0) is 36.8. The molecule has 0 bridgehead atoms. The summed E-state index contributed by atoms with van der Waals surface area (Å²) in [6.45, 7) is 1.18. The van der Waals surface area contributed by atoms with Crippen LogP contribution in [0.15, 0.2) is 36.4 Å². The van der Waals surface area contributed by atoms with E-state index in [1.165, 1.54) is 0 Å². The molecule has 1 aliphatic carbocycles. The number of allylic oxidation sites excluding steroid dienone is 1. The first-order chi connectivity index (χ1) is 23.6. The van der Waals surface area contributed by atoms with E-state index < -0.39 is 54.2 Å². The van der Waals surface area contributed by atoms with Crippen LogP contribution in [0.5, 0.6) is 0 Å². The van der Waals surface area contributed by atoms with Crippen molar-refractivity contribution in [2.75, 3.05) is 70.8 Å². The molecule has 2 aliphatic rings. The van der Waals surface area contributed by atoms with Crippen LogP contribution in [0.4, 0.5) is 15.3 Å². The van der Waals surface area contributed by atoms with Crippen molar-refractivity contribution < 1.29 is 53.9 Å². The first-order valence-corrected chi connectivity index (χ1v) is 16.5. The smallest absolute Gasteiger partial charge is 0.407 e. The lowest BCUT2D eigenvalue weighted by Crippen LogP contribution is -2.53. The van der Waals surface area contributed by atoms with Crippen LogP contribution in [0.25, 0.3) is 0 Å². The topological polar surface area (TPSA) is 244 Å². The Morgan fingerprint density at radius 1 is 0.840 bits per heavy atom. The Morgan fingerprint density at radius 3 is 2.04 bits per heavy atom. The van der Waals surface area contributed by atoms with Gasteiger partial charge in [0.05, 0.1) is 19.6 Å². The van der Waals surface area contributed by atoms with Crippen molar-refractivity contribution in [1.29, 1.82) is 0 Å². The van der Waals surface area contributed by atoms with Crippen LogP contribution in [0.2, 0.25) is 0 Å². The Morgan fingerprint density at radius 2 is 1.44 bits per heavy atom. The summed E-state index contributed by atoms with van der Waals surface area (Å²) in [5.74, 6) is -3.55. The average Bonchev–Trinajstić information content (AvgIpc) is 3.01. The lowest BCUT2D eigenvalue weighted by Gasteiger charge is -2.37. The van der Waals surface area contributed by atoms with Gasteiger partial charge in [0.25, 0.3) is 0 Å². The van der Waals surface area contributed by atoms with Crippen molar-refractivity contribution in [3.8, 4) is 0 Å². The second-order valence-corrected chi connectivity index (χ2v) is 13.0. The van der Waals surface area contributed by atoms with E-state index in [-0.39, 0.29) is 71.2 Å². The van der Waals surface area contributed by atoms with Crippen LogP contribution in [0, 0.1) is 5.41 Å². The number of hydrogen-bond donors (Lipinski definition) is 6. The van der Waals surface area contributed by atoms with Gasteiger partial charge >= 0.3 is 30.1 Å². The van der Waals surface area contributed by atoms with Crippen molar-refractivity contribution in [2.45, 2.75) is 51.2 Å². The highest BCUT2D eigenvalue weighted by atomic mass is 16.6. The summed E-state index contributed by atoms with van der Waals surface area (Å²) in [6, 6.07) is 6.48. The number of carbonyl (C=O) groups is 6. The lowest BCUT2D eigenvalue weighted by molar-refractivity contribution is -0.141. The number of rotatable bonds is 11. The first-order valence-electron chi connectivity index (χ1n) is 16.5. The molecule has 0 saturated carbocycles. The number of anilines is 1. The Balaban J connectivity index is 1.82. The van der Waals surface area contributed by atoms with Crippen LogP contribution < -0.4 is 11.1 Å². The van der Waals surface area contributed by atoms with Gasteiger partial charge in [0, 0.05) is 63.0 Å². The molecule has 0 aromatic heterocycles. The monoisotopic (exact) mass is 704 g/mol. The number of nitrogens with one attached hydrogen (secondary N) is 1. The van der Waals surface area contributed by atoms with Gasteiger partial charge in [-0.2, -0.15) is 0 Å². The number of carbonyl (C=O) groups excluding carboxylic acids is 2. The Bertz CT molecular complexity index is 1390. The zero-order valence-corrected chi connectivity index (χ0v) is 28.2. The van der Waals surface area contributed by atoms with Gasteiger partial charge in [-0.05, 0) is 55.9 Å². The third-order valence-corrected chi connectivity index (χ3v) is 9.08. The molecule has 3 amide bonds. The molecule has 0 spiro atoms. The highest BCUT2D eigenvalue weighted by Crippen LogP contribution is 2.34. The van der Waals surface area contributed by atoms with Crippen LogP contribution in [-0.4, -0.2) is 154 Å². The second-order valence-electron chi connectivity index (χ2n) is 13.0. The molecule has 1 unspecified atom stereocenters. The zero-order valence-electron chi connectivity index (χ0n) is 28.2. The van der Waals surface area contributed by atoms with Crippen molar-refractivity contribution in [2.24, 2.45) is 11.1 Å². The fourth-order valence-electron chi connectivity index (χ4n) is 6.24. The Labute approximate surface area is 290 Å². The highest BCUT2D eigenvalue weighted by molar-refractivity contribution is 5.95. The Hall–Kier alpha value is -4.74. The molecule has 0 radical (unpaired) electrons. The van der Waals surface area contributed by atoms with E-state index in [2.05, 4.69) is 5.32 Å². The van der Waals surface area contributed by atoms with Crippen molar-refractivity contribution >= 4 is 41.7 Å². The number of nitrogens with two attached hydrogens (primary N) is 1. The number of benzene rings is 1. The van der Waals surface area contributed by atoms with E-state index in [9.17, 15) is 49.2 Å². The second kappa shape index (κ2) is 18.9. The fourth-order valence-corrected chi connectivity index (χ4v) is 6.24. The van der Waals surface area contributed by atoms with Crippen LogP contribution in [-0.2, 0) is 30.3 Å². The molecule has 17 heteroatoms. The number of primary amides is 1. The summed E-state index contributed by atoms with van der Waals surface area (Å²) in [6.07, 6.45) is 3.39. The highest BCUT2D eigenvalue weighted by Gasteiger charge is 2.34. The predicted octanol–water partition coefficient (Wildman–Crippen LogP) is 1.29. The minimum atomic E-state index is -1.22. The molecule has 17 nitrogen and oxygen atoms in total. The van der Waals surface area contributed by atoms with Crippen molar-refractivity contribution in [1.82, 2.24) is 19.6 Å². The van der Waals surface area contributed by atoms with E-state index in [4.69, 9.17) is 10.5 Å². The summed E-state index contributed by atoms with van der Waals surface area (Å²) in [5, 5.41) is 41.6. The summed E-state index contributed by atoms with van der Waals surface area (Å²) >= 11 is 0. The van der Waals surface area contributed by atoms with Gasteiger partial charge in [-0.3, -0.25) is 33.9 Å². The van der Waals surface area contributed by atoms with Gasteiger partial charge in [0.1, 0.15) is 6.10 Å². The maximum atomic E-state index is 13.4. The molecular formula is C33H48N6O11. The molecular weight excluding hydrogens is 656 g/mol. The average molecular weight is 705 g/mol. The van der Waals surface area contributed by atoms with Gasteiger partial charge in [-0.1, -0.05) is 25.1 Å². The van der Waals surface area contributed by atoms with Gasteiger partial charge in [-0.25, -0.2) is 9.59 Å². The number of nitrogens with zero attached hydrogens (tertiary/aromatic N) is 4. The standard InChI is InChI=1S/C33H48N6O11/c1-33(10-3-2-4-26(9-11-33)50-31(34)47)30(46)35-24-7-5-23(6-8-24)18-25-19-37(21-28(42)43)14-16-38(32(48)49)15-12-36(20-27(40)41)13-17-39(25)22-29(44)45/h2,4-8,25-26H,3,9-22H2,1H3,(H2,34,47)(H,35,46)(H,40,41)(H,42,43)(H,44,45)(H,48,49)/b4-2+/t25?,26-,33+/m1/s1. The molecule has 7 N–H and O–H groups in total. The van der Waals surface area contributed by atoms with Gasteiger partial charge in [0.15, 0.2) is 0 Å². The minimum absolute atomic E-state index is 0.00476. The number of ether oxygens (including phenoxy) is 1. The first kappa shape index (κ1) is 39.7. The number of hydrogen-bond acceptors (Lipinski definition) is 10. The molecule has 1 fully saturated rings. The maximum Gasteiger partial charge on any atom is 0.407 e. The molecule has 1 aromatic rings. The van der Waals surface area contributed by atoms with Crippen LogP contribution >= 0.6 is 0 Å². The van der Waals surface area contributed by atoms with E-state index in [0.717, 1.165) is 10.5 Å². The van der Waals surface area contributed by atoms with Crippen LogP contribution in [0.3, 0.4) is 0 Å². The molecule has 3 atom stereocenters. The Kier molecular flexibility index (Phi) is 15.0. The molecule has 1 aromatic carbocycles. The van der Waals surface area contributed by atoms with E-state index in [0.29, 0.717) is 31.4 Å². The minimum Gasteiger partial charge on any atom is -0.480 e. The largest absolute Gasteiger partial charge is 0.480 e. The summed E-state index contributed by atoms with van der Waals surface area (Å²) in [7, 11) is 0. The molecule has 50 heavy (non-hydrogen) atoms. The third kappa shape index (κ3) is 13.3. The SMILES string of the molecule is C[C@]1(C(=O)Nc2ccc(CC3CN(CC(=O)O)CCN(C(=O)O)CCN(CC(=O)O)CCN3CC(=O)O)cc2)CC/C=C/[C@@H](OC(N)=O)CC1. The van der Waals surface area contributed by atoms with Gasteiger partial charge in [-0.15, -0.1) is 0 Å². The van der Waals surface area contributed by atoms with Gasteiger partial charge in [0.2, 0.25) is 5.91 Å². The number of aliphatic carboxylic acids is 3. The predicted molar refractivity (Wildman–Crippen MR) is 180 cm³/mol. The molecule has 276 valence electrons.